The fraction of sp³-hybridized carbons (Fsp3) is 0.179. The van der Waals surface area contributed by atoms with Crippen molar-refractivity contribution in [2.45, 2.75) is 6.92 Å². The normalized spacial score (nSPS) is 11.8. The van der Waals surface area contributed by atoms with E-state index in [-0.39, 0.29) is 65.9 Å². The van der Waals surface area contributed by atoms with Crippen LogP contribution in [0.3, 0.4) is 0 Å². The van der Waals surface area contributed by atoms with Crippen molar-refractivity contribution in [2.24, 2.45) is 0 Å². The van der Waals surface area contributed by atoms with Gasteiger partial charge in [-0.3, -0.25) is 9.59 Å². The van der Waals surface area contributed by atoms with E-state index >= 15 is 0 Å². The Bertz CT molecular complexity index is 1380. The lowest BCUT2D eigenvalue weighted by Crippen LogP contribution is -2.23. The maximum atomic E-state index is 13.0. The summed E-state index contributed by atoms with van der Waals surface area (Å²) in [7, 11) is 0. The van der Waals surface area contributed by atoms with Gasteiger partial charge in [-0.1, -0.05) is 30.8 Å². The predicted octanol–water partition coefficient (Wildman–Crippen LogP) is 3.71. The van der Waals surface area contributed by atoms with E-state index in [1.54, 1.807) is 49.4 Å². The number of hydrogen-bond acceptors (Lipinski definition) is 9. The maximum Gasteiger partial charge on any atom is 0.333 e. The third kappa shape index (κ3) is 5.40. The molecule has 0 bridgehead atoms. The number of hydrogen-bond donors (Lipinski definition) is 2. The number of carbonyl (C=O) groups is 3. The molecule has 0 aromatic heterocycles. The van der Waals surface area contributed by atoms with Crippen LogP contribution < -0.4 is 19.9 Å². The zero-order chi connectivity index (χ0) is 26.5. The molecule has 3 aromatic carbocycles. The van der Waals surface area contributed by atoms with Crippen LogP contribution in [0.2, 0.25) is 0 Å². The average Bonchev–Trinajstić information content (AvgIpc) is 2.89. The Morgan fingerprint density at radius 2 is 1.35 bits per heavy atom. The molecule has 0 fully saturated rings. The van der Waals surface area contributed by atoms with Gasteiger partial charge in [0.15, 0.2) is 11.6 Å². The minimum absolute atomic E-state index is 0.0175. The number of ketones is 2. The molecule has 0 aliphatic heterocycles. The van der Waals surface area contributed by atoms with Gasteiger partial charge in [0.2, 0.25) is 0 Å². The van der Waals surface area contributed by atoms with Crippen molar-refractivity contribution >= 4 is 23.2 Å². The first-order valence-electron chi connectivity index (χ1n) is 11.4. The lowest BCUT2D eigenvalue weighted by Gasteiger charge is -2.21. The van der Waals surface area contributed by atoms with Gasteiger partial charge in [0.25, 0.3) is 0 Å². The highest BCUT2D eigenvalue weighted by Crippen LogP contribution is 2.41. The van der Waals surface area contributed by atoms with Gasteiger partial charge in [0.05, 0.1) is 16.8 Å². The molecule has 0 unspecified atom stereocenters. The third-order valence-electron chi connectivity index (χ3n) is 5.55. The molecule has 0 saturated heterocycles. The second kappa shape index (κ2) is 10.9. The Morgan fingerprint density at radius 3 is 1.92 bits per heavy atom. The minimum Gasteiger partial charge on any atom is -0.507 e. The second-order valence-electron chi connectivity index (χ2n) is 8.19. The Morgan fingerprint density at radius 1 is 0.838 bits per heavy atom. The number of rotatable bonds is 10. The number of anilines is 1. The van der Waals surface area contributed by atoms with Gasteiger partial charge in [-0.25, -0.2) is 4.79 Å². The molecule has 1 aliphatic carbocycles. The summed E-state index contributed by atoms with van der Waals surface area (Å²) in [6, 6.07) is 14.4. The number of nitrogen functional groups attached to an aromatic ring is 1. The van der Waals surface area contributed by atoms with Crippen LogP contribution in [-0.4, -0.2) is 49.1 Å². The van der Waals surface area contributed by atoms with Crippen molar-refractivity contribution in [1.82, 2.24) is 0 Å². The number of phenolic OH excluding ortho intramolecular Hbond substituents is 1. The molecule has 0 amide bonds. The SMILES string of the molecule is C=C(C)C(=O)OCCOc1ccc(OCCOc2cc(O)c3c(c2N)C(=O)c2ccccc2C3=O)cc1. The van der Waals surface area contributed by atoms with Crippen LogP contribution in [0, 0.1) is 0 Å². The lowest BCUT2D eigenvalue weighted by molar-refractivity contribution is -0.139. The maximum absolute atomic E-state index is 13.0. The van der Waals surface area contributed by atoms with Crippen LogP contribution in [0.5, 0.6) is 23.0 Å². The first-order chi connectivity index (χ1) is 17.8. The summed E-state index contributed by atoms with van der Waals surface area (Å²) in [5, 5.41) is 10.5. The molecule has 0 saturated carbocycles. The number of ether oxygens (including phenoxy) is 4. The van der Waals surface area contributed by atoms with E-state index in [1.165, 1.54) is 12.1 Å². The number of aromatic hydroxyl groups is 1. The number of carbonyl (C=O) groups excluding carboxylic acids is 3. The third-order valence-corrected chi connectivity index (χ3v) is 5.55. The molecule has 0 radical (unpaired) electrons. The van der Waals surface area contributed by atoms with E-state index in [9.17, 15) is 19.5 Å². The molecular formula is C28H25NO8. The second-order valence-corrected chi connectivity index (χ2v) is 8.19. The first-order valence-corrected chi connectivity index (χ1v) is 11.4. The van der Waals surface area contributed by atoms with Crippen molar-refractivity contribution in [3.63, 3.8) is 0 Å². The van der Waals surface area contributed by atoms with Crippen molar-refractivity contribution in [2.75, 3.05) is 32.2 Å². The van der Waals surface area contributed by atoms with Crippen LogP contribution in [0.4, 0.5) is 5.69 Å². The molecule has 3 N–H and O–H groups in total. The van der Waals surface area contributed by atoms with Gasteiger partial charge in [0, 0.05) is 22.8 Å². The minimum atomic E-state index is -0.468. The molecule has 37 heavy (non-hydrogen) atoms. The van der Waals surface area contributed by atoms with Crippen LogP contribution in [0.25, 0.3) is 0 Å². The summed E-state index contributed by atoms with van der Waals surface area (Å²) in [5.41, 5.74) is 6.75. The molecule has 9 nitrogen and oxygen atoms in total. The van der Waals surface area contributed by atoms with Crippen LogP contribution in [-0.2, 0) is 9.53 Å². The van der Waals surface area contributed by atoms with E-state index in [0.29, 0.717) is 17.1 Å². The van der Waals surface area contributed by atoms with Gasteiger partial charge >= 0.3 is 5.97 Å². The Kier molecular flexibility index (Phi) is 7.43. The summed E-state index contributed by atoms with van der Waals surface area (Å²) in [6.07, 6.45) is 0. The van der Waals surface area contributed by atoms with Gasteiger partial charge in [0.1, 0.15) is 49.4 Å². The van der Waals surface area contributed by atoms with E-state index in [4.69, 9.17) is 24.7 Å². The van der Waals surface area contributed by atoms with E-state index < -0.39 is 17.5 Å². The number of esters is 1. The molecule has 1 aliphatic rings. The van der Waals surface area contributed by atoms with Gasteiger partial charge < -0.3 is 29.8 Å². The highest BCUT2D eigenvalue weighted by molar-refractivity contribution is 6.31. The van der Waals surface area contributed by atoms with Crippen molar-refractivity contribution in [3.05, 3.63) is 89.0 Å². The van der Waals surface area contributed by atoms with E-state index in [2.05, 4.69) is 6.58 Å². The Balaban J connectivity index is 1.31. The Labute approximate surface area is 213 Å². The number of phenols is 1. The van der Waals surface area contributed by atoms with Crippen molar-refractivity contribution in [1.29, 1.82) is 0 Å². The van der Waals surface area contributed by atoms with E-state index in [1.807, 2.05) is 0 Å². The standard InChI is InChI=1S/C28H25NO8/c1-16(2)28(33)37-14-12-35-18-9-7-17(8-10-18)34-11-13-36-22-15-21(30)23-24(25(22)29)27(32)20-6-4-3-5-19(20)26(23)31/h3-10,15,30H,1,11-14,29H2,2H3. The van der Waals surface area contributed by atoms with Gasteiger partial charge in [-0.2, -0.15) is 0 Å². The first kappa shape index (κ1) is 25.3. The molecule has 0 atom stereocenters. The Hall–Kier alpha value is -4.79. The zero-order valence-electron chi connectivity index (χ0n) is 20.1. The number of nitrogens with two attached hydrogens (primary N) is 1. The van der Waals surface area contributed by atoms with Crippen molar-refractivity contribution in [3.8, 4) is 23.0 Å². The van der Waals surface area contributed by atoms with E-state index in [0.717, 1.165) is 0 Å². The van der Waals surface area contributed by atoms with Crippen LogP contribution >= 0.6 is 0 Å². The average molecular weight is 504 g/mol. The van der Waals surface area contributed by atoms with Crippen LogP contribution in [0.1, 0.15) is 38.8 Å². The largest absolute Gasteiger partial charge is 0.507 e. The number of benzene rings is 3. The zero-order valence-corrected chi connectivity index (χ0v) is 20.1. The monoisotopic (exact) mass is 503 g/mol. The highest BCUT2D eigenvalue weighted by Gasteiger charge is 2.35. The highest BCUT2D eigenvalue weighted by atomic mass is 16.6. The predicted molar refractivity (Wildman–Crippen MR) is 135 cm³/mol. The molecule has 0 heterocycles. The smallest absolute Gasteiger partial charge is 0.333 e. The quantitative estimate of drug-likeness (QED) is 0.109. The fourth-order valence-corrected chi connectivity index (χ4v) is 3.75. The molecule has 4 rings (SSSR count). The van der Waals surface area contributed by atoms with Crippen molar-refractivity contribution < 1.29 is 38.4 Å². The fourth-order valence-electron chi connectivity index (χ4n) is 3.75. The summed E-state index contributed by atoms with van der Waals surface area (Å²) >= 11 is 0. The summed E-state index contributed by atoms with van der Waals surface area (Å²) in [5.74, 6) is -0.543. The summed E-state index contributed by atoms with van der Waals surface area (Å²) < 4.78 is 21.8. The lowest BCUT2D eigenvalue weighted by atomic mass is 9.82. The summed E-state index contributed by atoms with van der Waals surface area (Å²) in [4.78, 5) is 37.2. The topological polar surface area (TPSA) is 134 Å². The molecule has 3 aromatic rings. The van der Waals surface area contributed by atoms with Gasteiger partial charge in [-0.15, -0.1) is 0 Å². The number of fused-ring (bicyclic) bond motifs is 2. The molecule has 9 heteroatoms. The molecular weight excluding hydrogens is 478 g/mol. The molecule has 0 spiro atoms. The summed E-state index contributed by atoms with van der Waals surface area (Å²) in [6.45, 7) is 5.59. The van der Waals surface area contributed by atoms with Gasteiger partial charge in [-0.05, 0) is 31.2 Å². The molecule has 190 valence electrons. The van der Waals surface area contributed by atoms with Crippen LogP contribution in [0.15, 0.2) is 66.7 Å².